The van der Waals surface area contributed by atoms with E-state index in [4.69, 9.17) is 0 Å². The molecule has 0 amide bonds. The van der Waals surface area contributed by atoms with Crippen molar-refractivity contribution in [3.05, 3.63) is 22.8 Å². The zero-order valence-electron chi connectivity index (χ0n) is 10.0. The summed E-state index contributed by atoms with van der Waals surface area (Å²) in [4.78, 5) is 6.57. The lowest BCUT2D eigenvalue weighted by Crippen LogP contribution is -2.16. The van der Waals surface area contributed by atoms with Gasteiger partial charge in [-0.2, -0.15) is 4.98 Å². The quantitative estimate of drug-likeness (QED) is 0.856. The molecule has 0 saturated carbocycles. The first kappa shape index (κ1) is 12.3. The molecule has 0 spiro atoms. The number of fused-ring (bicyclic) bond motifs is 1. The van der Waals surface area contributed by atoms with Gasteiger partial charge in [0.05, 0.1) is 4.47 Å². The number of anilines is 1. The molecule has 0 saturated heterocycles. The average Bonchev–Trinajstić information content (AvgIpc) is 2.69. The van der Waals surface area contributed by atoms with Gasteiger partial charge in [-0.3, -0.25) is 0 Å². The lowest BCUT2D eigenvalue weighted by atomic mass is 10.4. The molecule has 2 heterocycles. The number of aromatic nitrogens is 3. The fraction of sp³-hybridized carbons (Fsp3) is 0.455. The topological polar surface area (TPSA) is 45.5 Å². The van der Waals surface area contributed by atoms with E-state index in [0.29, 0.717) is 5.95 Å². The monoisotopic (exact) mass is 297 g/mol. The van der Waals surface area contributed by atoms with E-state index in [1.54, 1.807) is 4.52 Å². The Labute approximate surface area is 109 Å². The molecule has 0 radical (unpaired) electrons. The first-order chi connectivity index (χ1) is 8.16. The number of nitrogens with zero attached hydrogens (tertiary/aromatic N) is 4. The van der Waals surface area contributed by atoms with Crippen molar-refractivity contribution in [1.82, 2.24) is 19.5 Å². The van der Waals surface area contributed by atoms with Crippen LogP contribution in [-0.4, -0.2) is 46.7 Å². The summed E-state index contributed by atoms with van der Waals surface area (Å²) in [5.74, 6) is 0.677. The number of hydrogen-bond acceptors (Lipinski definition) is 4. The molecule has 1 N–H and O–H groups in total. The first-order valence-electron chi connectivity index (χ1n) is 5.56. The van der Waals surface area contributed by atoms with Gasteiger partial charge in [0, 0.05) is 12.7 Å². The second kappa shape index (κ2) is 5.46. The van der Waals surface area contributed by atoms with E-state index in [2.05, 4.69) is 50.3 Å². The van der Waals surface area contributed by atoms with E-state index in [1.807, 2.05) is 18.3 Å². The highest BCUT2D eigenvalue weighted by Gasteiger charge is 2.05. The van der Waals surface area contributed by atoms with E-state index < -0.39 is 0 Å². The molecule has 2 aromatic rings. The summed E-state index contributed by atoms with van der Waals surface area (Å²) in [6, 6.07) is 3.89. The molecule has 2 rings (SSSR count). The zero-order valence-corrected chi connectivity index (χ0v) is 11.6. The Morgan fingerprint density at radius 3 is 3.00 bits per heavy atom. The molecule has 6 heteroatoms. The number of pyridine rings is 1. The van der Waals surface area contributed by atoms with Crippen LogP contribution in [0.1, 0.15) is 6.42 Å². The van der Waals surface area contributed by atoms with Crippen LogP contribution in [0.2, 0.25) is 0 Å². The number of rotatable bonds is 5. The molecule has 0 bridgehead atoms. The van der Waals surface area contributed by atoms with Gasteiger partial charge in [0.15, 0.2) is 5.65 Å². The summed E-state index contributed by atoms with van der Waals surface area (Å²) in [6.07, 6.45) is 2.96. The molecule has 0 aromatic carbocycles. The van der Waals surface area contributed by atoms with Gasteiger partial charge in [0.25, 0.3) is 0 Å². The third-order valence-electron chi connectivity index (χ3n) is 2.38. The highest BCUT2D eigenvalue weighted by molar-refractivity contribution is 9.10. The summed E-state index contributed by atoms with van der Waals surface area (Å²) >= 11 is 3.45. The molecule has 0 fully saturated rings. The van der Waals surface area contributed by atoms with Crippen LogP contribution in [0.15, 0.2) is 22.8 Å². The van der Waals surface area contributed by atoms with Crippen molar-refractivity contribution in [3.63, 3.8) is 0 Å². The Balaban J connectivity index is 1.98. The Bertz CT molecular complexity index is 494. The van der Waals surface area contributed by atoms with Crippen molar-refractivity contribution in [1.29, 1.82) is 0 Å². The lowest BCUT2D eigenvalue weighted by Gasteiger charge is -2.08. The molecular weight excluding hydrogens is 282 g/mol. The van der Waals surface area contributed by atoms with Gasteiger partial charge in [0.1, 0.15) is 0 Å². The van der Waals surface area contributed by atoms with Crippen LogP contribution in [0.4, 0.5) is 5.95 Å². The number of halogens is 1. The van der Waals surface area contributed by atoms with Gasteiger partial charge < -0.3 is 10.2 Å². The van der Waals surface area contributed by atoms with Crippen molar-refractivity contribution in [2.24, 2.45) is 0 Å². The number of nitrogens with one attached hydrogen (secondary N) is 1. The predicted octanol–water partition coefficient (Wildman–Crippen LogP) is 1.86. The van der Waals surface area contributed by atoms with Gasteiger partial charge in [-0.1, -0.05) is 0 Å². The molecule has 0 unspecified atom stereocenters. The Kier molecular flexibility index (Phi) is 3.96. The van der Waals surface area contributed by atoms with Crippen molar-refractivity contribution >= 4 is 27.5 Å². The fourth-order valence-corrected chi connectivity index (χ4v) is 1.97. The van der Waals surface area contributed by atoms with Crippen LogP contribution in [0.3, 0.4) is 0 Å². The van der Waals surface area contributed by atoms with E-state index in [1.165, 1.54) is 0 Å². The maximum absolute atomic E-state index is 4.41. The lowest BCUT2D eigenvalue weighted by molar-refractivity contribution is 0.405. The molecule has 0 atom stereocenters. The van der Waals surface area contributed by atoms with Crippen LogP contribution in [0.5, 0.6) is 0 Å². The van der Waals surface area contributed by atoms with Crippen molar-refractivity contribution in [3.8, 4) is 0 Å². The van der Waals surface area contributed by atoms with Crippen LogP contribution < -0.4 is 5.32 Å². The first-order valence-corrected chi connectivity index (χ1v) is 6.35. The highest BCUT2D eigenvalue weighted by atomic mass is 79.9. The van der Waals surface area contributed by atoms with Gasteiger partial charge >= 0.3 is 0 Å². The molecule has 17 heavy (non-hydrogen) atoms. The summed E-state index contributed by atoms with van der Waals surface area (Å²) < 4.78 is 2.71. The number of hydrogen-bond donors (Lipinski definition) is 1. The minimum atomic E-state index is 0.677. The maximum Gasteiger partial charge on any atom is 0.243 e. The largest absolute Gasteiger partial charge is 0.353 e. The molecule has 5 nitrogen and oxygen atoms in total. The van der Waals surface area contributed by atoms with E-state index in [9.17, 15) is 0 Å². The minimum absolute atomic E-state index is 0.677. The normalized spacial score (nSPS) is 11.3. The van der Waals surface area contributed by atoms with Gasteiger partial charge in [-0.15, -0.1) is 5.10 Å². The predicted molar refractivity (Wildman–Crippen MR) is 72.3 cm³/mol. The Morgan fingerprint density at radius 1 is 1.47 bits per heavy atom. The minimum Gasteiger partial charge on any atom is -0.353 e. The van der Waals surface area contributed by atoms with Gasteiger partial charge in [-0.25, -0.2) is 4.52 Å². The van der Waals surface area contributed by atoms with Crippen LogP contribution in [0, 0.1) is 0 Å². The molecule has 0 aliphatic heterocycles. The van der Waals surface area contributed by atoms with Crippen LogP contribution in [-0.2, 0) is 0 Å². The van der Waals surface area contributed by atoms with Crippen LogP contribution in [0.25, 0.3) is 5.65 Å². The second-order valence-corrected chi connectivity index (χ2v) is 5.00. The smallest absolute Gasteiger partial charge is 0.243 e. The Morgan fingerprint density at radius 2 is 2.29 bits per heavy atom. The molecular formula is C11H16BrN5. The fourth-order valence-electron chi connectivity index (χ4n) is 1.54. The van der Waals surface area contributed by atoms with E-state index in [0.717, 1.165) is 29.6 Å². The third kappa shape index (κ3) is 3.17. The van der Waals surface area contributed by atoms with Crippen molar-refractivity contribution in [2.75, 3.05) is 32.5 Å². The zero-order chi connectivity index (χ0) is 12.3. The third-order valence-corrected chi connectivity index (χ3v) is 3.00. The molecule has 0 aliphatic carbocycles. The maximum atomic E-state index is 4.41. The summed E-state index contributed by atoms with van der Waals surface area (Å²) in [5.41, 5.74) is 0.836. The summed E-state index contributed by atoms with van der Waals surface area (Å²) in [7, 11) is 4.14. The Hall–Kier alpha value is -1.14. The SMILES string of the molecule is CN(C)CCCNc1nc2c(Br)cccn2n1. The van der Waals surface area contributed by atoms with Crippen molar-refractivity contribution in [2.45, 2.75) is 6.42 Å². The standard InChI is InChI=1S/C11H16BrN5/c1-16(2)7-4-6-13-11-14-10-9(12)5-3-8-17(10)15-11/h3,5,8H,4,6-7H2,1-2H3,(H,13,15). The second-order valence-electron chi connectivity index (χ2n) is 4.14. The summed E-state index contributed by atoms with van der Waals surface area (Å²) in [6.45, 7) is 1.94. The van der Waals surface area contributed by atoms with E-state index in [-0.39, 0.29) is 0 Å². The molecule has 92 valence electrons. The van der Waals surface area contributed by atoms with Crippen molar-refractivity contribution < 1.29 is 0 Å². The van der Waals surface area contributed by atoms with Crippen LogP contribution >= 0.6 is 15.9 Å². The molecule has 0 aliphatic rings. The van der Waals surface area contributed by atoms with Gasteiger partial charge in [0.2, 0.25) is 5.95 Å². The molecule has 2 aromatic heterocycles. The average molecular weight is 298 g/mol. The van der Waals surface area contributed by atoms with E-state index >= 15 is 0 Å². The highest BCUT2D eigenvalue weighted by Crippen LogP contribution is 2.16. The summed E-state index contributed by atoms with van der Waals surface area (Å²) in [5, 5.41) is 7.57. The van der Waals surface area contributed by atoms with Gasteiger partial charge in [-0.05, 0) is 55.1 Å².